The third-order valence-corrected chi connectivity index (χ3v) is 3.31. The Bertz CT molecular complexity index is 500. The highest BCUT2D eigenvalue weighted by Crippen LogP contribution is 2.16. The molecule has 0 aromatic heterocycles. The molecular formula is C15H21N3O2. The van der Waals surface area contributed by atoms with Gasteiger partial charge in [-0.3, -0.25) is 9.59 Å². The average Bonchev–Trinajstić information content (AvgIpc) is 2.92. The molecule has 20 heavy (non-hydrogen) atoms. The molecule has 1 aliphatic rings. The summed E-state index contributed by atoms with van der Waals surface area (Å²) in [6, 6.07) is 5.73. The van der Waals surface area contributed by atoms with Gasteiger partial charge in [0.15, 0.2) is 0 Å². The van der Waals surface area contributed by atoms with E-state index in [9.17, 15) is 9.59 Å². The maximum Gasteiger partial charge on any atom is 0.251 e. The van der Waals surface area contributed by atoms with Crippen LogP contribution < -0.4 is 16.0 Å². The smallest absolute Gasteiger partial charge is 0.251 e. The molecule has 0 radical (unpaired) electrons. The summed E-state index contributed by atoms with van der Waals surface area (Å²) in [7, 11) is 0. The van der Waals surface area contributed by atoms with Crippen molar-refractivity contribution in [1.29, 1.82) is 0 Å². The summed E-state index contributed by atoms with van der Waals surface area (Å²) in [6.07, 6.45) is 1.24. The highest BCUT2D eigenvalue weighted by atomic mass is 16.2. The lowest BCUT2D eigenvalue weighted by Gasteiger charge is -2.07. The van der Waals surface area contributed by atoms with E-state index in [0.717, 1.165) is 19.5 Å². The Morgan fingerprint density at radius 2 is 1.95 bits per heavy atom. The van der Waals surface area contributed by atoms with Crippen molar-refractivity contribution in [2.45, 2.75) is 32.9 Å². The fraction of sp³-hybridized carbons (Fsp3) is 0.467. The zero-order valence-corrected chi connectivity index (χ0v) is 11.8. The van der Waals surface area contributed by atoms with Gasteiger partial charge in [-0.15, -0.1) is 0 Å². The first-order valence-electron chi connectivity index (χ1n) is 7.08. The van der Waals surface area contributed by atoms with E-state index in [0.29, 0.717) is 25.1 Å². The monoisotopic (exact) mass is 275 g/mol. The number of nitrogens with one attached hydrogen (secondary N) is 3. The van der Waals surface area contributed by atoms with Gasteiger partial charge in [0.1, 0.15) is 0 Å². The van der Waals surface area contributed by atoms with Crippen LogP contribution in [0.15, 0.2) is 18.2 Å². The quantitative estimate of drug-likeness (QED) is 0.723. The van der Waals surface area contributed by atoms with Crippen molar-refractivity contribution in [3.63, 3.8) is 0 Å². The molecule has 1 aliphatic heterocycles. The Labute approximate surface area is 119 Å². The number of carbonyl (C=O) groups is 2. The van der Waals surface area contributed by atoms with Crippen LogP contribution in [0.4, 0.5) is 0 Å². The molecule has 108 valence electrons. The van der Waals surface area contributed by atoms with Crippen molar-refractivity contribution in [3.8, 4) is 0 Å². The maximum atomic E-state index is 12.0. The molecule has 5 nitrogen and oxygen atoms in total. The molecule has 1 aromatic rings. The zero-order chi connectivity index (χ0) is 14.4. The predicted molar refractivity (Wildman–Crippen MR) is 77.2 cm³/mol. The highest BCUT2D eigenvalue weighted by Gasteiger charge is 2.13. The lowest BCUT2D eigenvalue weighted by Crippen LogP contribution is -2.31. The Kier molecular flexibility index (Phi) is 5.12. The van der Waals surface area contributed by atoms with Gasteiger partial charge in [-0.25, -0.2) is 0 Å². The molecule has 0 unspecified atom stereocenters. The molecule has 2 rings (SSSR count). The molecule has 5 heteroatoms. The summed E-state index contributed by atoms with van der Waals surface area (Å²) in [5.41, 5.74) is 3.08. The summed E-state index contributed by atoms with van der Waals surface area (Å²) in [5.74, 6) is -0.145. The molecule has 0 saturated carbocycles. The predicted octanol–water partition coefficient (Wildman–Crippen LogP) is 0.936. The Morgan fingerprint density at radius 3 is 2.75 bits per heavy atom. The van der Waals surface area contributed by atoms with Gasteiger partial charge >= 0.3 is 0 Å². The molecule has 0 atom stereocenters. The number of rotatable bonds is 6. The summed E-state index contributed by atoms with van der Waals surface area (Å²) in [6.45, 7) is 4.74. The number of hydrogen-bond donors (Lipinski definition) is 3. The van der Waals surface area contributed by atoms with E-state index in [2.05, 4.69) is 16.0 Å². The van der Waals surface area contributed by atoms with E-state index in [1.54, 1.807) is 0 Å². The standard InChI is InChI=1S/C15H21N3O2/c1-2-6-17-14(19)5-7-18-15(20)11-3-4-12-9-16-10-13(12)8-11/h3-4,8,16H,2,5-7,9-10H2,1H3,(H,17,19)(H,18,20). The number of amides is 2. The maximum absolute atomic E-state index is 12.0. The van der Waals surface area contributed by atoms with Gasteiger partial charge in [-0.1, -0.05) is 13.0 Å². The van der Waals surface area contributed by atoms with Gasteiger partial charge < -0.3 is 16.0 Å². The molecule has 0 fully saturated rings. The van der Waals surface area contributed by atoms with Crippen LogP contribution in [0.2, 0.25) is 0 Å². The third kappa shape index (κ3) is 3.81. The van der Waals surface area contributed by atoms with Crippen LogP contribution in [0.3, 0.4) is 0 Å². The van der Waals surface area contributed by atoms with Crippen LogP contribution in [0, 0.1) is 0 Å². The minimum Gasteiger partial charge on any atom is -0.356 e. The van der Waals surface area contributed by atoms with Crippen LogP contribution in [0.5, 0.6) is 0 Å². The average molecular weight is 275 g/mol. The van der Waals surface area contributed by atoms with Gasteiger partial charge in [0.25, 0.3) is 5.91 Å². The normalized spacial score (nSPS) is 12.8. The van der Waals surface area contributed by atoms with Crippen molar-refractivity contribution < 1.29 is 9.59 Å². The summed E-state index contributed by atoms with van der Waals surface area (Å²) in [5, 5.41) is 8.81. The van der Waals surface area contributed by atoms with E-state index in [1.807, 2.05) is 25.1 Å². The number of fused-ring (bicyclic) bond motifs is 1. The molecule has 1 heterocycles. The van der Waals surface area contributed by atoms with E-state index < -0.39 is 0 Å². The van der Waals surface area contributed by atoms with E-state index in [4.69, 9.17) is 0 Å². The van der Waals surface area contributed by atoms with Crippen molar-refractivity contribution >= 4 is 11.8 Å². The Balaban J connectivity index is 1.79. The van der Waals surface area contributed by atoms with Crippen LogP contribution in [-0.2, 0) is 17.9 Å². The minimum absolute atomic E-state index is 0.0229. The van der Waals surface area contributed by atoms with E-state index in [1.165, 1.54) is 11.1 Å². The lowest BCUT2D eigenvalue weighted by molar-refractivity contribution is -0.120. The van der Waals surface area contributed by atoms with Crippen molar-refractivity contribution in [2.75, 3.05) is 13.1 Å². The first-order valence-corrected chi connectivity index (χ1v) is 7.08. The number of benzene rings is 1. The minimum atomic E-state index is -0.122. The van der Waals surface area contributed by atoms with E-state index in [-0.39, 0.29) is 11.8 Å². The van der Waals surface area contributed by atoms with Crippen LogP contribution in [0.25, 0.3) is 0 Å². The topological polar surface area (TPSA) is 70.2 Å². The van der Waals surface area contributed by atoms with Gasteiger partial charge in [-0.2, -0.15) is 0 Å². The molecular weight excluding hydrogens is 254 g/mol. The summed E-state index contributed by atoms with van der Waals surface area (Å²) >= 11 is 0. The molecule has 1 aromatic carbocycles. The van der Waals surface area contributed by atoms with Crippen LogP contribution in [-0.4, -0.2) is 24.9 Å². The highest BCUT2D eigenvalue weighted by molar-refractivity contribution is 5.94. The zero-order valence-electron chi connectivity index (χ0n) is 11.8. The molecule has 0 saturated heterocycles. The van der Waals surface area contributed by atoms with Crippen LogP contribution >= 0.6 is 0 Å². The largest absolute Gasteiger partial charge is 0.356 e. The molecule has 0 aliphatic carbocycles. The van der Waals surface area contributed by atoms with E-state index >= 15 is 0 Å². The number of hydrogen-bond acceptors (Lipinski definition) is 3. The Morgan fingerprint density at radius 1 is 1.15 bits per heavy atom. The SMILES string of the molecule is CCCNC(=O)CCNC(=O)c1ccc2c(c1)CNC2. The fourth-order valence-corrected chi connectivity index (χ4v) is 2.18. The van der Waals surface area contributed by atoms with Crippen LogP contribution in [0.1, 0.15) is 41.3 Å². The second kappa shape index (κ2) is 7.05. The molecule has 0 spiro atoms. The first-order chi connectivity index (χ1) is 9.70. The molecule has 3 N–H and O–H groups in total. The van der Waals surface area contributed by atoms with Crippen molar-refractivity contribution in [3.05, 3.63) is 34.9 Å². The molecule has 0 bridgehead atoms. The summed E-state index contributed by atoms with van der Waals surface area (Å²) < 4.78 is 0. The van der Waals surface area contributed by atoms with Gasteiger partial charge in [0.2, 0.25) is 5.91 Å². The van der Waals surface area contributed by atoms with Gasteiger partial charge in [-0.05, 0) is 29.7 Å². The van der Waals surface area contributed by atoms with Crippen molar-refractivity contribution in [1.82, 2.24) is 16.0 Å². The second-order valence-corrected chi connectivity index (χ2v) is 4.94. The number of carbonyl (C=O) groups excluding carboxylic acids is 2. The first kappa shape index (κ1) is 14.5. The van der Waals surface area contributed by atoms with Gasteiger partial charge in [0.05, 0.1) is 0 Å². The summed E-state index contributed by atoms with van der Waals surface area (Å²) in [4.78, 5) is 23.4. The molecule has 2 amide bonds. The fourth-order valence-electron chi connectivity index (χ4n) is 2.18. The van der Waals surface area contributed by atoms with Crippen molar-refractivity contribution in [2.24, 2.45) is 0 Å². The lowest BCUT2D eigenvalue weighted by atomic mass is 10.1. The Hall–Kier alpha value is -1.88. The third-order valence-electron chi connectivity index (χ3n) is 3.31. The second-order valence-electron chi connectivity index (χ2n) is 4.94. The van der Waals surface area contributed by atoms with Gasteiger partial charge in [0, 0.05) is 38.2 Å².